The number of halogens is 3. The Bertz CT molecular complexity index is 890. The fourth-order valence-electron chi connectivity index (χ4n) is 2.51. The van der Waals surface area contributed by atoms with Crippen LogP contribution in [0.2, 0.25) is 0 Å². The Morgan fingerprint density at radius 1 is 1.04 bits per heavy atom. The van der Waals surface area contributed by atoms with E-state index in [4.69, 9.17) is 0 Å². The first-order chi connectivity index (χ1) is 13.4. The first-order valence-corrected chi connectivity index (χ1v) is 8.51. The molecule has 0 saturated carbocycles. The molecule has 0 aliphatic rings. The lowest BCUT2D eigenvalue weighted by molar-refractivity contribution is -0.176. The minimum Gasteiger partial charge on any atom is -0.367 e. The molecule has 0 unspecified atom stereocenters. The van der Waals surface area contributed by atoms with Gasteiger partial charge in [0.2, 0.25) is 0 Å². The van der Waals surface area contributed by atoms with Gasteiger partial charge in [0.15, 0.2) is 0 Å². The number of carbonyl (C=O) groups excluding carboxylic acids is 1. The molecule has 2 aromatic carbocycles. The molecule has 0 fully saturated rings. The van der Waals surface area contributed by atoms with Crippen LogP contribution in [0.4, 0.5) is 13.2 Å². The van der Waals surface area contributed by atoms with Crippen LogP contribution in [0.15, 0.2) is 67.0 Å². The van der Waals surface area contributed by atoms with Crippen LogP contribution in [-0.4, -0.2) is 28.5 Å². The summed E-state index contributed by atoms with van der Waals surface area (Å²) in [5.74, 6) is -0.218. The van der Waals surface area contributed by atoms with Gasteiger partial charge in [0.1, 0.15) is 6.61 Å². The van der Waals surface area contributed by atoms with Crippen molar-refractivity contribution in [3.05, 3.63) is 83.7 Å². The second-order valence-electron chi connectivity index (χ2n) is 6.10. The predicted molar refractivity (Wildman–Crippen MR) is 96.9 cm³/mol. The molecule has 3 aromatic rings. The summed E-state index contributed by atoms with van der Waals surface area (Å²) in [6.07, 6.45) is -0.845. The maximum atomic E-state index is 12.3. The van der Waals surface area contributed by atoms with E-state index < -0.39 is 12.8 Å². The average Bonchev–Trinajstić information content (AvgIpc) is 3.21. The monoisotopic (exact) mass is 389 g/mol. The van der Waals surface area contributed by atoms with E-state index in [9.17, 15) is 18.0 Å². The molecule has 5 nitrogen and oxygen atoms in total. The van der Waals surface area contributed by atoms with Gasteiger partial charge in [0.05, 0.1) is 12.3 Å². The van der Waals surface area contributed by atoms with E-state index in [1.165, 1.54) is 0 Å². The summed E-state index contributed by atoms with van der Waals surface area (Å²) in [5.41, 5.74) is 2.84. The molecule has 1 N–H and O–H groups in total. The molecule has 8 heteroatoms. The quantitative estimate of drug-likeness (QED) is 0.667. The smallest absolute Gasteiger partial charge is 0.367 e. The molecule has 0 saturated heterocycles. The summed E-state index contributed by atoms with van der Waals surface area (Å²) >= 11 is 0. The molecular weight excluding hydrogens is 371 g/mol. The zero-order valence-corrected chi connectivity index (χ0v) is 14.8. The minimum atomic E-state index is -4.33. The van der Waals surface area contributed by atoms with Crippen molar-refractivity contribution in [2.45, 2.75) is 19.3 Å². The van der Waals surface area contributed by atoms with Gasteiger partial charge in [-0.15, -0.1) is 0 Å². The number of rotatable bonds is 7. The van der Waals surface area contributed by atoms with Gasteiger partial charge in [0.25, 0.3) is 5.91 Å². The number of carbonyl (C=O) groups is 1. The van der Waals surface area contributed by atoms with E-state index in [1.54, 1.807) is 59.4 Å². The van der Waals surface area contributed by atoms with Crippen LogP contribution in [0.25, 0.3) is 5.69 Å². The van der Waals surface area contributed by atoms with Crippen LogP contribution in [0.1, 0.15) is 21.5 Å². The van der Waals surface area contributed by atoms with Crippen molar-refractivity contribution in [1.29, 1.82) is 0 Å². The van der Waals surface area contributed by atoms with E-state index in [-0.39, 0.29) is 12.5 Å². The van der Waals surface area contributed by atoms with Crippen molar-refractivity contribution < 1.29 is 22.7 Å². The number of hydrogen-bond donors (Lipinski definition) is 1. The highest BCUT2D eigenvalue weighted by Crippen LogP contribution is 2.16. The molecule has 0 aliphatic heterocycles. The molecule has 146 valence electrons. The Morgan fingerprint density at radius 3 is 2.32 bits per heavy atom. The normalized spacial score (nSPS) is 11.4. The standard InChI is InChI=1S/C20H18F3N3O2/c21-20(22,23)14-28-13-16-4-2-15(3-5-16)12-24-19(27)17-6-8-18(9-7-17)26-11-1-10-25-26/h1-11H,12-14H2,(H,24,27). The Balaban J connectivity index is 1.49. The van der Waals surface area contributed by atoms with Crippen LogP contribution in [-0.2, 0) is 17.9 Å². The van der Waals surface area contributed by atoms with Gasteiger partial charge in [-0.1, -0.05) is 24.3 Å². The molecule has 1 amide bonds. The Morgan fingerprint density at radius 2 is 1.71 bits per heavy atom. The highest BCUT2D eigenvalue weighted by atomic mass is 19.4. The number of nitrogens with zero attached hydrogens (tertiary/aromatic N) is 2. The number of hydrogen-bond acceptors (Lipinski definition) is 3. The molecule has 0 spiro atoms. The van der Waals surface area contributed by atoms with Gasteiger partial charge in [0, 0.05) is 24.5 Å². The van der Waals surface area contributed by atoms with Crippen LogP contribution in [0.5, 0.6) is 0 Å². The SMILES string of the molecule is O=C(NCc1ccc(COCC(F)(F)F)cc1)c1ccc(-n2cccn2)cc1. The number of aromatic nitrogens is 2. The first kappa shape index (κ1) is 19.6. The van der Waals surface area contributed by atoms with E-state index in [0.29, 0.717) is 17.7 Å². The van der Waals surface area contributed by atoms with Crippen molar-refractivity contribution >= 4 is 5.91 Å². The third-order valence-corrected chi connectivity index (χ3v) is 3.91. The second kappa shape index (κ2) is 8.71. The van der Waals surface area contributed by atoms with Crippen LogP contribution < -0.4 is 5.32 Å². The third-order valence-electron chi connectivity index (χ3n) is 3.91. The summed E-state index contributed by atoms with van der Waals surface area (Å²) in [6.45, 7) is -1.08. The number of ether oxygens (including phenoxy) is 1. The fraction of sp³-hybridized carbons (Fsp3) is 0.200. The Labute approximate surface area is 159 Å². The summed E-state index contributed by atoms with van der Waals surface area (Å²) < 4.78 is 42.5. The van der Waals surface area contributed by atoms with Crippen LogP contribution in [0, 0.1) is 0 Å². The van der Waals surface area contributed by atoms with Crippen LogP contribution >= 0.6 is 0 Å². The maximum Gasteiger partial charge on any atom is 0.411 e. The van der Waals surface area contributed by atoms with Crippen LogP contribution in [0.3, 0.4) is 0 Å². The molecule has 1 aromatic heterocycles. The maximum absolute atomic E-state index is 12.3. The van der Waals surface area contributed by atoms with Crippen molar-refractivity contribution in [1.82, 2.24) is 15.1 Å². The zero-order chi connectivity index (χ0) is 20.0. The largest absolute Gasteiger partial charge is 0.411 e. The first-order valence-electron chi connectivity index (χ1n) is 8.51. The number of amides is 1. The number of benzene rings is 2. The van der Waals surface area contributed by atoms with Gasteiger partial charge in [-0.2, -0.15) is 18.3 Å². The fourth-order valence-corrected chi connectivity index (χ4v) is 2.51. The lowest BCUT2D eigenvalue weighted by Gasteiger charge is -2.09. The van der Waals surface area contributed by atoms with E-state index in [0.717, 1.165) is 11.3 Å². The van der Waals surface area contributed by atoms with Crippen molar-refractivity contribution in [3.8, 4) is 5.69 Å². The minimum absolute atomic E-state index is 0.116. The highest BCUT2D eigenvalue weighted by molar-refractivity contribution is 5.94. The molecule has 28 heavy (non-hydrogen) atoms. The lowest BCUT2D eigenvalue weighted by atomic mass is 10.1. The Hall–Kier alpha value is -3.13. The van der Waals surface area contributed by atoms with E-state index >= 15 is 0 Å². The van der Waals surface area contributed by atoms with Crippen molar-refractivity contribution in [3.63, 3.8) is 0 Å². The number of nitrogens with one attached hydrogen (secondary N) is 1. The molecule has 0 atom stereocenters. The van der Waals surface area contributed by atoms with Gasteiger partial charge >= 0.3 is 6.18 Å². The third kappa shape index (κ3) is 5.68. The molecule has 1 heterocycles. The van der Waals surface area contributed by atoms with E-state index in [1.807, 2.05) is 12.3 Å². The second-order valence-corrected chi connectivity index (χ2v) is 6.10. The van der Waals surface area contributed by atoms with Crippen molar-refractivity contribution in [2.24, 2.45) is 0 Å². The van der Waals surface area contributed by atoms with Gasteiger partial charge in [-0.05, 0) is 41.5 Å². The number of alkyl halides is 3. The summed E-state index contributed by atoms with van der Waals surface area (Å²) in [4.78, 5) is 12.3. The predicted octanol–water partition coefficient (Wildman–Crippen LogP) is 3.88. The van der Waals surface area contributed by atoms with Gasteiger partial charge < -0.3 is 10.1 Å². The van der Waals surface area contributed by atoms with Crippen molar-refractivity contribution in [2.75, 3.05) is 6.61 Å². The van der Waals surface area contributed by atoms with E-state index in [2.05, 4.69) is 15.2 Å². The molecule has 3 rings (SSSR count). The molecule has 0 bridgehead atoms. The summed E-state index contributed by atoms with van der Waals surface area (Å²) in [6, 6.07) is 15.7. The molecule has 0 radical (unpaired) electrons. The lowest BCUT2D eigenvalue weighted by Crippen LogP contribution is -2.22. The zero-order valence-electron chi connectivity index (χ0n) is 14.8. The van der Waals surface area contributed by atoms with Gasteiger partial charge in [-0.3, -0.25) is 4.79 Å². The van der Waals surface area contributed by atoms with Gasteiger partial charge in [-0.25, -0.2) is 4.68 Å². The summed E-state index contributed by atoms with van der Waals surface area (Å²) in [7, 11) is 0. The topological polar surface area (TPSA) is 56.1 Å². The molecular formula is C20H18F3N3O2. The summed E-state index contributed by atoms with van der Waals surface area (Å²) in [5, 5.41) is 6.94. The highest BCUT2D eigenvalue weighted by Gasteiger charge is 2.27. The average molecular weight is 389 g/mol. The Kier molecular flexibility index (Phi) is 6.10. The molecule has 0 aliphatic carbocycles.